The molecule has 0 spiro atoms. The maximum absolute atomic E-state index is 10.7. The first kappa shape index (κ1) is 19.7. The molecule has 0 bridgehead atoms. The summed E-state index contributed by atoms with van der Waals surface area (Å²) in [6, 6.07) is 18.9. The second-order valence-electron chi connectivity index (χ2n) is 7.10. The molecule has 0 amide bonds. The molecular formula is C25H20O4S. The van der Waals surface area contributed by atoms with Crippen molar-refractivity contribution in [1.82, 2.24) is 0 Å². The van der Waals surface area contributed by atoms with Crippen molar-refractivity contribution in [1.29, 1.82) is 0 Å². The van der Waals surface area contributed by atoms with Crippen LogP contribution in [0, 0.1) is 13.8 Å². The maximum Gasteiger partial charge on any atom is 0.328 e. The lowest BCUT2D eigenvalue weighted by atomic mass is 10.0. The molecule has 0 unspecified atom stereocenters. The van der Waals surface area contributed by atoms with Gasteiger partial charge in [0.25, 0.3) is 0 Å². The Morgan fingerprint density at radius 3 is 2.50 bits per heavy atom. The number of ether oxygens (including phenoxy) is 1. The minimum Gasteiger partial charge on any atom is -0.508 e. The number of phenolic OH excluding ortho intramolecular Hbond substituents is 1. The number of carboxylic acid groups (broad SMARTS) is 1. The molecule has 0 atom stereocenters. The van der Waals surface area contributed by atoms with Crippen LogP contribution in [-0.4, -0.2) is 16.2 Å². The van der Waals surface area contributed by atoms with Crippen molar-refractivity contribution in [2.75, 3.05) is 0 Å². The molecule has 1 heterocycles. The molecule has 0 radical (unpaired) electrons. The molecule has 4 rings (SSSR count). The van der Waals surface area contributed by atoms with Gasteiger partial charge in [-0.25, -0.2) is 4.79 Å². The van der Waals surface area contributed by atoms with E-state index < -0.39 is 5.97 Å². The molecule has 0 aliphatic heterocycles. The summed E-state index contributed by atoms with van der Waals surface area (Å²) in [5.41, 5.74) is 4.19. The van der Waals surface area contributed by atoms with Crippen molar-refractivity contribution >= 4 is 33.5 Å². The first-order chi connectivity index (χ1) is 14.4. The van der Waals surface area contributed by atoms with Gasteiger partial charge in [-0.1, -0.05) is 35.9 Å². The predicted molar refractivity (Wildman–Crippen MR) is 122 cm³/mol. The van der Waals surface area contributed by atoms with Crippen LogP contribution in [0.4, 0.5) is 0 Å². The highest BCUT2D eigenvalue weighted by Crippen LogP contribution is 2.48. The van der Waals surface area contributed by atoms with Crippen LogP contribution < -0.4 is 4.74 Å². The number of rotatable bonds is 5. The summed E-state index contributed by atoms with van der Waals surface area (Å²) >= 11 is 1.59. The summed E-state index contributed by atoms with van der Waals surface area (Å²) in [5, 5.41) is 19.6. The SMILES string of the molecule is Cc1ccc(C)c(-c2sc3cc(O)ccc3c2Oc2ccc(C=CC(=O)O)cc2)c1. The lowest BCUT2D eigenvalue weighted by molar-refractivity contribution is -0.131. The summed E-state index contributed by atoms with van der Waals surface area (Å²) in [5.74, 6) is 0.637. The minimum atomic E-state index is -0.985. The summed E-state index contributed by atoms with van der Waals surface area (Å²) in [6.45, 7) is 4.13. The van der Waals surface area contributed by atoms with Crippen LogP contribution in [0.5, 0.6) is 17.2 Å². The van der Waals surface area contributed by atoms with Gasteiger partial charge in [-0.3, -0.25) is 0 Å². The van der Waals surface area contributed by atoms with E-state index in [0.29, 0.717) is 5.75 Å². The fraction of sp³-hybridized carbons (Fsp3) is 0.0800. The van der Waals surface area contributed by atoms with E-state index in [-0.39, 0.29) is 5.75 Å². The molecule has 4 aromatic rings. The number of aromatic hydroxyl groups is 1. The second-order valence-corrected chi connectivity index (χ2v) is 8.15. The lowest BCUT2D eigenvalue weighted by Gasteiger charge is -2.11. The smallest absolute Gasteiger partial charge is 0.328 e. The summed E-state index contributed by atoms with van der Waals surface area (Å²) < 4.78 is 7.27. The van der Waals surface area contributed by atoms with Crippen molar-refractivity contribution in [3.05, 3.63) is 83.4 Å². The molecule has 1 aromatic heterocycles. The summed E-state index contributed by atoms with van der Waals surface area (Å²) in [7, 11) is 0. The van der Waals surface area contributed by atoms with Crippen LogP contribution >= 0.6 is 11.3 Å². The Balaban J connectivity index is 1.79. The van der Waals surface area contributed by atoms with Gasteiger partial charge in [-0.05, 0) is 66.9 Å². The zero-order valence-electron chi connectivity index (χ0n) is 16.5. The van der Waals surface area contributed by atoms with Gasteiger partial charge >= 0.3 is 5.97 Å². The van der Waals surface area contributed by atoms with E-state index in [1.807, 2.05) is 30.3 Å². The third-order valence-electron chi connectivity index (χ3n) is 4.78. The third-order valence-corrected chi connectivity index (χ3v) is 5.95. The topological polar surface area (TPSA) is 66.8 Å². The van der Waals surface area contributed by atoms with E-state index in [4.69, 9.17) is 9.84 Å². The quantitative estimate of drug-likeness (QED) is 0.352. The van der Waals surface area contributed by atoms with Gasteiger partial charge in [0.15, 0.2) is 5.75 Å². The molecule has 0 fully saturated rings. The monoisotopic (exact) mass is 416 g/mol. The molecule has 4 nitrogen and oxygen atoms in total. The molecule has 0 aliphatic rings. The fourth-order valence-electron chi connectivity index (χ4n) is 3.25. The Labute approximate surface area is 178 Å². The van der Waals surface area contributed by atoms with Gasteiger partial charge in [0.05, 0.1) is 4.88 Å². The molecule has 0 saturated carbocycles. The standard InChI is InChI=1S/C25H20O4S/c1-15-3-4-16(2)21(13-15)25-24(20-11-8-18(26)14-22(20)30-25)29-19-9-5-17(6-10-19)7-12-23(27)28/h3-14,26H,1-2H3,(H,27,28). The number of carboxylic acids is 1. The van der Waals surface area contributed by atoms with Crippen LogP contribution in [0.1, 0.15) is 16.7 Å². The van der Waals surface area contributed by atoms with Gasteiger partial charge in [0.2, 0.25) is 0 Å². The number of fused-ring (bicyclic) bond motifs is 1. The number of aliphatic carboxylic acids is 1. The zero-order chi connectivity index (χ0) is 21.3. The number of aryl methyl sites for hydroxylation is 2. The van der Waals surface area contributed by atoms with E-state index in [2.05, 4.69) is 32.0 Å². The molecule has 30 heavy (non-hydrogen) atoms. The highest BCUT2D eigenvalue weighted by atomic mass is 32.1. The van der Waals surface area contributed by atoms with Gasteiger partial charge in [0.1, 0.15) is 11.5 Å². The highest BCUT2D eigenvalue weighted by molar-refractivity contribution is 7.22. The van der Waals surface area contributed by atoms with Crippen molar-refractivity contribution in [2.24, 2.45) is 0 Å². The predicted octanol–water partition coefficient (Wildman–Crippen LogP) is 6.78. The van der Waals surface area contributed by atoms with E-state index in [0.717, 1.165) is 49.0 Å². The normalized spacial score (nSPS) is 11.3. The van der Waals surface area contributed by atoms with Gasteiger partial charge in [0, 0.05) is 16.2 Å². The number of hydrogen-bond acceptors (Lipinski definition) is 4. The Bertz CT molecular complexity index is 1270. The Hall–Kier alpha value is -3.57. The number of benzene rings is 3. The van der Waals surface area contributed by atoms with Crippen molar-refractivity contribution < 1.29 is 19.7 Å². The molecule has 0 aliphatic carbocycles. The molecule has 0 saturated heterocycles. The van der Waals surface area contributed by atoms with Crippen LogP contribution in [0.15, 0.2) is 66.7 Å². The Kier molecular flexibility index (Phi) is 5.29. The van der Waals surface area contributed by atoms with Crippen LogP contribution in [0.2, 0.25) is 0 Å². The molecule has 5 heteroatoms. The number of carbonyl (C=O) groups is 1. The van der Waals surface area contributed by atoms with Crippen LogP contribution in [0.25, 0.3) is 26.6 Å². The van der Waals surface area contributed by atoms with Crippen molar-refractivity contribution in [3.63, 3.8) is 0 Å². The highest BCUT2D eigenvalue weighted by Gasteiger charge is 2.18. The van der Waals surface area contributed by atoms with E-state index in [9.17, 15) is 9.90 Å². The van der Waals surface area contributed by atoms with Gasteiger partial charge < -0.3 is 14.9 Å². The van der Waals surface area contributed by atoms with Crippen molar-refractivity contribution in [3.8, 4) is 27.7 Å². The molecule has 150 valence electrons. The molecular weight excluding hydrogens is 396 g/mol. The number of phenols is 1. The molecule has 3 aromatic carbocycles. The van der Waals surface area contributed by atoms with Crippen molar-refractivity contribution in [2.45, 2.75) is 13.8 Å². The first-order valence-corrected chi connectivity index (χ1v) is 10.2. The van der Waals surface area contributed by atoms with E-state index in [1.54, 1.807) is 23.5 Å². The zero-order valence-corrected chi connectivity index (χ0v) is 17.4. The van der Waals surface area contributed by atoms with E-state index in [1.165, 1.54) is 6.08 Å². The summed E-state index contributed by atoms with van der Waals surface area (Å²) in [4.78, 5) is 11.7. The minimum absolute atomic E-state index is 0.220. The maximum atomic E-state index is 10.7. The van der Waals surface area contributed by atoms with Crippen LogP contribution in [0.3, 0.4) is 0 Å². The fourth-order valence-corrected chi connectivity index (χ4v) is 4.50. The Morgan fingerprint density at radius 1 is 1.00 bits per heavy atom. The molecule has 2 N–H and O–H groups in total. The lowest BCUT2D eigenvalue weighted by Crippen LogP contribution is -1.89. The summed E-state index contributed by atoms with van der Waals surface area (Å²) in [6.07, 6.45) is 2.64. The first-order valence-electron chi connectivity index (χ1n) is 9.43. The third kappa shape index (κ3) is 4.07. The van der Waals surface area contributed by atoms with Gasteiger partial charge in [-0.2, -0.15) is 0 Å². The average Bonchev–Trinajstić information content (AvgIpc) is 3.06. The van der Waals surface area contributed by atoms with Crippen LogP contribution in [-0.2, 0) is 4.79 Å². The van der Waals surface area contributed by atoms with E-state index >= 15 is 0 Å². The average molecular weight is 416 g/mol. The second kappa shape index (κ2) is 8.05. The largest absolute Gasteiger partial charge is 0.508 e. The van der Waals surface area contributed by atoms with Gasteiger partial charge in [-0.15, -0.1) is 11.3 Å². The number of thiophene rings is 1. The Morgan fingerprint density at radius 2 is 1.77 bits per heavy atom. The number of hydrogen-bond donors (Lipinski definition) is 2.